The van der Waals surface area contributed by atoms with E-state index in [1.54, 1.807) is 54.7 Å². The molecule has 3 rings (SSSR count). The van der Waals surface area contributed by atoms with Crippen LogP contribution in [0.15, 0.2) is 65.6 Å². The zero-order valence-electron chi connectivity index (χ0n) is 11.8. The van der Waals surface area contributed by atoms with Crippen molar-refractivity contribution in [1.29, 1.82) is 0 Å². The zero-order valence-corrected chi connectivity index (χ0v) is 11.8. The van der Waals surface area contributed by atoms with Crippen molar-refractivity contribution < 1.29 is 4.79 Å². The molecule has 1 heterocycles. The highest BCUT2D eigenvalue weighted by Gasteiger charge is 2.21. The van der Waals surface area contributed by atoms with Gasteiger partial charge in [0.2, 0.25) is 5.91 Å². The quantitative estimate of drug-likeness (QED) is 0.719. The van der Waals surface area contributed by atoms with Crippen LogP contribution in [0.2, 0.25) is 0 Å². The van der Waals surface area contributed by atoms with Crippen molar-refractivity contribution in [2.24, 2.45) is 5.73 Å². The average Bonchev–Trinajstić information content (AvgIpc) is 2.51. The van der Waals surface area contributed by atoms with Gasteiger partial charge in [-0.05, 0) is 23.8 Å². The fourth-order valence-electron chi connectivity index (χ4n) is 2.62. The molecular formula is C17H15N3O2. The van der Waals surface area contributed by atoms with Crippen molar-refractivity contribution in [3.63, 3.8) is 0 Å². The number of nitrogen functional groups attached to an aromatic ring is 1. The van der Waals surface area contributed by atoms with Crippen LogP contribution in [-0.2, 0) is 4.79 Å². The molecule has 5 heteroatoms. The highest BCUT2D eigenvalue weighted by molar-refractivity contribution is 5.92. The summed E-state index contributed by atoms with van der Waals surface area (Å²) in [7, 11) is 0. The molecule has 0 spiro atoms. The van der Waals surface area contributed by atoms with E-state index in [0.29, 0.717) is 22.0 Å². The van der Waals surface area contributed by atoms with Crippen molar-refractivity contribution in [2.75, 3.05) is 5.73 Å². The molecule has 22 heavy (non-hydrogen) atoms. The van der Waals surface area contributed by atoms with Gasteiger partial charge in [0.1, 0.15) is 6.04 Å². The summed E-state index contributed by atoms with van der Waals surface area (Å²) < 4.78 is 1.35. The van der Waals surface area contributed by atoms with E-state index in [2.05, 4.69) is 0 Å². The maximum atomic E-state index is 12.7. The fourth-order valence-corrected chi connectivity index (χ4v) is 2.62. The standard InChI is InChI=1S/C17H15N3O2/c18-14-8-4-7-13-12(14)9-10-20(17(13)22)15(16(19)21)11-5-2-1-3-6-11/h1-10,15H,18H2,(H2,19,21). The van der Waals surface area contributed by atoms with Crippen LogP contribution in [0.5, 0.6) is 0 Å². The van der Waals surface area contributed by atoms with Crippen molar-refractivity contribution in [3.05, 3.63) is 76.7 Å². The Morgan fingerprint density at radius 2 is 1.68 bits per heavy atom. The van der Waals surface area contributed by atoms with Crippen molar-refractivity contribution >= 4 is 22.4 Å². The maximum Gasteiger partial charge on any atom is 0.259 e. The minimum absolute atomic E-state index is 0.294. The third-order valence-electron chi connectivity index (χ3n) is 3.67. The number of primary amides is 1. The number of aromatic nitrogens is 1. The average molecular weight is 293 g/mol. The molecule has 1 unspecified atom stereocenters. The summed E-state index contributed by atoms with van der Waals surface area (Å²) >= 11 is 0. The van der Waals surface area contributed by atoms with E-state index in [0.717, 1.165) is 0 Å². The van der Waals surface area contributed by atoms with Crippen molar-refractivity contribution in [3.8, 4) is 0 Å². The number of fused-ring (bicyclic) bond motifs is 1. The third-order valence-corrected chi connectivity index (χ3v) is 3.67. The molecular weight excluding hydrogens is 278 g/mol. The van der Waals surface area contributed by atoms with Crippen molar-refractivity contribution in [1.82, 2.24) is 4.57 Å². The number of hydrogen-bond donors (Lipinski definition) is 2. The minimum atomic E-state index is -0.848. The molecule has 110 valence electrons. The highest BCUT2D eigenvalue weighted by atomic mass is 16.2. The van der Waals surface area contributed by atoms with Gasteiger partial charge in [-0.1, -0.05) is 36.4 Å². The molecule has 3 aromatic rings. The number of nitrogens with two attached hydrogens (primary N) is 2. The van der Waals surface area contributed by atoms with Crippen LogP contribution >= 0.6 is 0 Å². The Hall–Kier alpha value is -3.08. The number of hydrogen-bond acceptors (Lipinski definition) is 3. The van der Waals surface area contributed by atoms with E-state index in [9.17, 15) is 9.59 Å². The van der Waals surface area contributed by atoms with Gasteiger partial charge in [0.25, 0.3) is 5.56 Å². The largest absolute Gasteiger partial charge is 0.398 e. The molecule has 0 aliphatic rings. The van der Waals surface area contributed by atoms with Crippen molar-refractivity contribution in [2.45, 2.75) is 6.04 Å². The van der Waals surface area contributed by atoms with Crippen LogP contribution in [0.1, 0.15) is 11.6 Å². The minimum Gasteiger partial charge on any atom is -0.398 e. The molecule has 4 N–H and O–H groups in total. The maximum absolute atomic E-state index is 12.7. The number of benzene rings is 2. The predicted molar refractivity (Wildman–Crippen MR) is 86.4 cm³/mol. The lowest BCUT2D eigenvalue weighted by Gasteiger charge is -2.18. The summed E-state index contributed by atoms with van der Waals surface area (Å²) in [6, 6.07) is 15.0. The predicted octanol–water partition coefficient (Wildman–Crippen LogP) is 1.66. The molecule has 0 bridgehead atoms. The van der Waals surface area contributed by atoms with E-state index in [-0.39, 0.29) is 5.56 Å². The lowest BCUT2D eigenvalue weighted by Crippen LogP contribution is -2.34. The van der Waals surface area contributed by atoms with Crippen LogP contribution in [0.4, 0.5) is 5.69 Å². The number of nitrogens with zero attached hydrogens (tertiary/aromatic N) is 1. The van der Waals surface area contributed by atoms with Gasteiger partial charge >= 0.3 is 0 Å². The van der Waals surface area contributed by atoms with Gasteiger partial charge in [-0.25, -0.2) is 0 Å². The van der Waals surface area contributed by atoms with Gasteiger partial charge in [-0.15, -0.1) is 0 Å². The van der Waals surface area contributed by atoms with E-state index >= 15 is 0 Å². The SMILES string of the molecule is NC(=O)C(c1ccccc1)n1ccc2c(N)cccc2c1=O. The van der Waals surface area contributed by atoms with Gasteiger partial charge in [-0.3, -0.25) is 14.2 Å². The lowest BCUT2D eigenvalue weighted by molar-refractivity contribution is -0.120. The van der Waals surface area contributed by atoms with Crippen LogP contribution in [0.3, 0.4) is 0 Å². The first-order valence-corrected chi connectivity index (χ1v) is 6.83. The Labute approximate surface area is 126 Å². The molecule has 0 aliphatic heterocycles. The van der Waals surface area contributed by atoms with Crippen LogP contribution in [0, 0.1) is 0 Å². The highest BCUT2D eigenvalue weighted by Crippen LogP contribution is 2.21. The first-order valence-electron chi connectivity index (χ1n) is 6.83. The normalized spacial score (nSPS) is 12.2. The third kappa shape index (κ3) is 2.22. The number of carbonyl (C=O) groups excluding carboxylic acids is 1. The summed E-state index contributed by atoms with van der Waals surface area (Å²) in [5.41, 5.74) is 12.3. The molecule has 0 aliphatic carbocycles. The molecule has 5 nitrogen and oxygen atoms in total. The fraction of sp³-hybridized carbons (Fsp3) is 0.0588. The second-order valence-corrected chi connectivity index (χ2v) is 5.05. The molecule has 0 saturated carbocycles. The molecule has 0 radical (unpaired) electrons. The topological polar surface area (TPSA) is 91.1 Å². The zero-order chi connectivity index (χ0) is 15.7. The summed E-state index contributed by atoms with van der Waals surface area (Å²) in [5, 5.41) is 1.13. The van der Waals surface area contributed by atoms with E-state index in [1.165, 1.54) is 4.57 Å². The number of carbonyl (C=O) groups is 1. The summed E-state index contributed by atoms with van der Waals surface area (Å²) in [4.78, 5) is 24.6. The number of amides is 1. The summed E-state index contributed by atoms with van der Waals surface area (Å²) in [6.07, 6.45) is 1.56. The number of anilines is 1. The molecule has 0 fully saturated rings. The molecule has 0 saturated heterocycles. The first kappa shape index (κ1) is 13.9. The summed E-state index contributed by atoms with van der Waals surface area (Å²) in [5.74, 6) is -0.587. The molecule has 2 aromatic carbocycles. The second-order valence-electron chi connectivity index (χ2n) is 5.05. The van der Waals surface area contributed by atoms with Gasteiger partial charge in [0.15, 0.2) is 0 Å². The Morgan fingerprint density at radius 3 is 2.36 bits per heavy atom. The van der Waals surface area contributed by atoms with Gasteiger partial charge in [0.05, 0.1) is 0 Å². The van der Waals surface area contributed by atoms with E-state index in [1.807, 2.05) is 6.07 Å². The van der Waals surface area contributed by atoms with Crippen LogP contribution in [-0.4, -0.2) is 10.5 Å². The van der Waals surface area contributed by atoms with Crippen LogP contribution < -0.4 is 17.0 Å². The second kappa shape index (κ2) is 5.37. The molecule has 1 amide bonds. The van der Waals surface area contributed by atoms with E-state index in [4.69, 9.17) is 11.5 Å². The molecule has 1 aromatic heterocycles. The number of rotatable bonds is 3. The Morgan fingerprint density at radius 1 is 0.955 bits per heavy atom. The van der Waals surface area contributed by atoms with Gasteiger partial charge in [-0.2, -0.15) is 0 Å². The smallest absolute Gasteiger partial charge is 0.259 e. The molecule has 1 atom stereocenters. The van der Waals surface area contributed by atoms with Crippen LogP contribution in [0.25, 0.3) is 10.8 Å². The monoisotopic (exact) mass is 293 g/mol. The Balaban J connectivity index is 2.26. The number of pyridine rings is 1. The Kier molecular flexibility index (Phi) is 3.39. The van der Waals surface area contributed by atoms with E-state index < -0.39 is 11.9 Å². The Bertz CT molecular complexity index is 901. The van der Waals surface area contributed by atoms with Gasteiger partial charge < -0.3 is 11.5 Å². The lowest BCUT2D eigenvalue weighted by atomic mass is 10.0. The first-order chi connectivity index (χ1) is 10.6. The van der Waals surface area contributed by atoms with Gasteiger partial charge in [0, 0.05) is 22.7 Å². The summed E-state index contributed by atoms with van der Waals surface area (Å²) in [6.45, 7) is 0.